The molecule has 2 saturated carbocycles. The molecule has 0 amide bonds. The van der Waals surface area contributed by atoms with Crippen LogP contribution in [0.15, 0.2) is 18.2 Å². The average molecular weight is 269 g/mol. The third-order valence-electron chi connectivity index (χ3n) is 4.25. The first kappa shape index (κ1) is 13.5. The summed E-state index contributed by atoms with van der Waals surface area (Å²) in [6.45, 7) is 5.14. The topological polar surface area (TPSA) is 39.1 Å². The number of nitrogens with zero attached hydrogens (tertiary/aromatic N) is 2. The van der Waals surface area contributed by atoms with Gasteiger partial charge in [0.1, 0.15) is 6.07 Å². The van der Waals surface area contributed by atoms with Crippen molar-refractivity contribution in [2.75, 3.05) is 18.0 Å². The zero-order chi connectivity index (χ0) is 13.9. The van der Waals surface area contributed by atoms with Crippen LogP contribution in [0.5, 0.6) is 0 Å². The summed E-state index contributed by atoms with van der Waals surface area (Å²) in [6.07, 6.45) is 5.30. The third kappa shape index (κ3) is 3.32. The molecule has 3 nitrogen and oxygen atoms in total. The molecule has 0 aliphatic heterocycles. The molecule has 0 unspecified atom stereocenters. The van der Waals surface area contributed by atoms with Crippen molar-refractivity contribution in [3.8, 4) is 6.07 Å². The van der Waals surface area contributed by atoms with Crippen molar-refractivity contribution >= 4 is 5.69 Å². The monoisotopic (exact) mass is 269 g/mol. The second-order valence-electron chi connectivity index (χ2n) is 6.10. The minimum atomic E-state index is 0.710. The molecule has 3 heteroatoms. The number of benzene rings is 1. The lowest BCUT2D eigenvalue weighted by Gasteiger charge is -2.24. The van der Waals surface area contributed by atoms with Gasteiger partial charge in [-0.3, -0.25) is 0 Å². The van der Waals surface area contributed by atoms with Crippen LogP contribution in [-0.2, 0) is 6.54 Å². The minimum Gasteiger partial charge on any atom is -0.370 e. The molecular formula is C17H23N3. The predicted molar refractivity (Wildman–Crippen MR) is 81.6 cm³/mol. The molecular weight excluding hydrogens is 246 g/mol. The highest BCUT2D eigenvalue weighted by Gasteiger charge is 2.25. The van der Waals surface area contributed by atoms with Gasteiger partial charge in [-0.1, -0.05) is 6.07 Å². The lowest BCUT2D eigenvalue weighted by molar-refractivity contribution is 0.687. The Morgan fingerprint density at radius 1 is 1.30 bits per heavy atom. The third-order valence-corrected chi connectivity index (χ3v) is 4.25. The number of hydrogen-bond donors (Lipinski definition) is 1. The van der Waals surface area contributed by atoms with Gasteiger partial charge in [-0.2, -0.15) is 5.26 Å². The Morgan fingerprint density at radius 3 is 2.70 bits per heavy atom. The summed E-state index contributed by atoms with van der Waals surface area (Å²) in [7, 11) is 0. The fraction of sp³-hybridized carbons (Fsp3) is 0.588. The molecule has 0 heterocycles. The van der Waals surface area contributed by atoms with Crippen molar-refractivity contribution in [3.05, 3.63) is 29.3 Å². The molecule has 1 aromatic rings. The summed E-state index contributed by atoms with van der Waals surface area (Å²) < 4.78 is 0. The molecule has 0 radical (unpaired) electrons. The summed E-state index contributed by atoms with van der Waals surface area (Å²) in [4.78, 5) is 2.36. The standard InChI is InChI=1S/C17H23N3/c1-2-20(12-13-3-4-13)17-8-5-14(9-15(17)10-18)11-19-16-6-7-16/h5,8-9,13,16,19H,2-4,6-7,11-12H2,1H3. The molecule has 2 aliphatic carbocycles. The molecule has 106 valence electrons. The number of nitrogens with one attached hydrogen (secondary N) is 1. The van der Waals surface area contributed by atoms with Gasteiger partial charge in [0, 0.05) is 25.7 Å². The van der Waals surface area contributed by atoms with Crippen LogP contribution in [0, 0.1) is 17.2 Å². The van der Waals surface area contributed by atoms with Crippen LogP contribution in [0.1, 0.15) is 43.7 Å². The zero-order valence-electron chi connectivity index (χ0n) is 12.2. The second-order valence-corrected chi connectivity index (χ2v) is 6.10. The fourth-order valence-corrected chi connectivity index (χ4v) is 2.62. The Hall–Kier alpha value is -1.53. The molecule has 2 fully saturated rings. The largest absolute Gasteiger partial charge is 0.370 e. The van der Waals surface area contributed by atoms with Crippen molar-refractivity contribution < 1.29 is 0 Å². The van der Waals surface area contributed by atoms with Crippen molar-refractivity contribution in [1.82, 2.24) is 5.32 Å². The molecule has 0 saturated heterocycles. The van der Waals surface area contributed by atoms with E-state index in [4.69, 9.17) is 0 Å². The molecule has 20 heavy (non-hydrogen) atoms. The first-order valence-electron chi connectivity index (χ1n) is 7.81. The van der Waals surface area contributed by atoms with E-state index in [2.05, 4.69) is 41.4 Å². The first-order valence-corrected chi connectivity index (χ1v) is 7.81. The fourth-order valence-electron chi connectivity index (χ4n) is 2.62. The SMILES string of the molecule is CCN(CC1CC1)c1ccc(CNC2CC2)cc1C#N. The van der Waals surface area contributed by atoms with Gasteiger partial charge in [0.15, 0.2) is 0 Å². The number of hydrogen-bond acceptors (Lipinski definition) is 3. The molecule has 0 bridgehead atoms. The summed E-state index contributed by atoms with van der Waals surface area (Å²) in [5.74, 6) is 0.845. The van der Waals surface area contributed by atoms with Crippen molar-refractivity contribution in [1.29, 1.82) is 5.26 Å². The Bertz CT molecular complexity index is 509. The van der Waals surface area contributed by atoms with E-state index in [9.17, 15) is 5.26 Å². The predicted octanol–water partition coefficient (Wildman–Crippen LogP) is 3.05. The van der Waals surface area contributed by atoms with E-state index >= 15 is 0 Å². The zero-order valence-corrected chi connectivity index (χ0v) is 12.2. The van der Waals surface area contributed by atoms with E-state index < -0.39 is 0 Å². The van der Waals surface area contributed by atoms with Gasteiger partial charge < -0.3 is 10.2 Å². The number of rotatable bonds is 7. The molecule has 1 N–H and O–H groups in total. The summed E-state index contributed by atoms with van der Waals surface area (Å²) in [6, 6.07) is 9.45. The molecule has 2 aliphatic rings. The van der Waals surface area contributed by atoms with Crippen molar-refractivity contribution in [2.24, 2.45) is 5.92 Å². The molecule has 0 aromatic heterocycles. The van der Waals surface area contributed by atoms with Crippen molar-refractivity contribution in [3.63, 3.8) is 0 Å². The maximum absolute atomic E-state index is 9.43. The number of anilines is 1. The highest BCUT2D eigenvalue weighted by molar-refractivity contribution is 5.60. The molecule has 0 spiro atoms. The van der Waals surface area contributed by atoms with E-state index in [-0.39, 0.29) is 0 Å². The maximum atomic E-state index is 9.43. The van der Waals surface area contributed by atoms with Crippen molar-refractivity contribution in [2.45, 2.75) is 45.2 Å². The lowest BCUT2D eigenvalue weighted by atomic mass is 10.1. The van der Waals surface area contributed by atoms with Gasteiger partial charge in [0.25, 0.3) is 0 Å². The molecule has 0 atom stereocenters. The van der Waals surface area contributed by atoms with Gasteiger partial charge in [0.2, 0.25) is 0 Å². The highest BCUT2D eigenvalue weighted by Crippen LogP contribution is 2.32. The summed E-state index contributed by atoms with van der Waals surface area (Å²) in [5, 5.41) is 12.9. The van der Waals surface area contributed by atoms with Crippen LogP contribution < -0.4 is 10.2 Å². The van der Waals surface area contributed by atoms with Gasteiger partial charge in [0.05, 0.1) is 11.3 Å². The smallest absolute Gasteiger partial charge is 0.101 e. The van der Waals surface area contributed by atoms with E-state index in [0.717, 1.165) is 36.8 Å². The molecule has 3 rings (SSSR count). The van der Waals surface area contributed by atoms with Crippen LogP contribution in [0.2, 0.25) is 0 Å². The summed E-state index contributed by atoms with van der Waals surface area (Å²) >= 11 is 0. The Labute approximate surface area is 121 Å². The lowest BCUT2D eigenvalue weighted by Crippen LogP contribution is -2.26. The van der Waals surface area contributed by atoms with Crippen LogP contribution in [0.4, 0.5) is 5.69 Å². The van der Waals surface area contributed by atoms with Gasteiger partial charge >= 0.3 is 0 Å². The summed E-state index contributed by atoms with van der Waals surface area (Å²) in [5.41, 5.74) is 3.15. The second kappa shape index (κ2) is 5.85. The van der Waals surface area contributed by atoms with E-state index in [0.29, 0.717) is 6.04 Å². The highest BCUT2D eigenvalue weighted by atomic mass is 15.1. The minimum absolute atomic E-state index is 0.710. The quantitative estimate of drug-likeness (QED) is 0.827. The maximum Gasteiger partial charge on any atom is 0.101 e. The van der Waals surface area contributed by atoms with E-state index in [1.54, 1.807) is 0 Å². The van der Waals surface area contributed by atoms with Crippen LogP contribution in [0.3, 0.4) is 0 Å². The first-order chi connectivity index (χ1) is 9.80. The van der Waals surface area contributed by atoms with Gasteiger partial charge in [-0.25, -0.2) is 0 Å². The van der Waals surface area contributed by atoms with E-state index in [1.807, 2.05) is 0 Å². The van der Waals surface area contributed by atoms with Crippen LogP contribution in [0.25, 0.3) is 0 Å². The van der Waals surface area contributed by atoms with E-state index in [1.165, 1.54) is 31.2 Å². The normalized spacial score (nSPS) is 17.8. The molecule has 1 aromatic carbocycles. The van der Waals surface area contributed by atoms with Crippen LogP contribution in [-0.4, -0.2) is 19.1 Å². The Morgan fingerprint density at radius 2 is 2.10 bits per heavy atom. The van der Waals surface area contributed by atoms with Gasteiger partial charge in [-0.05, 0) is 56.2 Å². The number of nitriles is 1. The van der Waals surface area contributed by atoms with Crippen LogP contribution >= 0.6 is 0 Å². The average Bonchev–Trinajstić information content (AvgIpc) is 3.37. The Kier molecular flexibility index (Phi) is 3.93. The Balaban J connectivity index is 1.73. The van der Waals surface area contributed by atoms with Gasteiger partial charge in [-0.15, -0.1) is 0 Å².